The smallest absolute Gasteiger partial charge is 0.364 e. The molecule has 98 valence electrons. The van der Waals surface area contributed by atoms with Gasteiger partial charge in [0.05, 0.1) is 0 Å². The summed E-state index contributed by atoms with van der Waals surface area (Å²) >= 11 is 0. The van der Waals surface area contributed by atoms with Gasteiger partial charge in [0, 0.05) is 19.8 Å². The molecule has 0 saturated heterocycles. The normalized spacial score (nSPS) is 14.1. The van der Waals surface area contributed by atoms with Crippen molar-refractivity contribution in [2.45, 2.75) is 45.9 Å². The Kier molecular flexibility index (Phi) is 9.16. The van der Waals surface area contributed by atoms with Gasteiger partial charge in [-0.25, -0.2) is 0 Å². The number of hydrogen-bond donors (Lipinski definition) is 1. The summed E-state index contributed by atoms with van der Waals surface area (Å²) in [7, 11) is -2.24. The van der Waals surface area contributed by atoms with Gasteiger partial charge in [0.25, 0.3) is 0 Å². The van der Waals surface area contributed by atoms with Crippen molar-refractivity contribution in [3.63, 3.8) is 0 Å². The van der Waals surface area contributed by atoms with Crippen LogP contribution in [0.15, 0.2) is 0 Å². The highest BCUT2D eigenvalue weighted by molar-refractivity contribution is 6.67. The van der Waals surface area contributed by atoms with Gasteiger partial charge in [-0.2, -0.15) is 0 Å². The van der Waals surface area contributed by atoms with E-state index in [4.69, 9.17) is 19.3 Å². The fourth-order valence-electron chi connectivity index (χ4n) is 1.71. The molecule has 1 atom stereocenters. The molecule has 0 amide bonds. The van der Waals surface area contributed by atoms with E-state index < -0.39 is 8.56 Å². The molecule has 0 saturated carbocycles. The van der Waals surface area contributed by atoms with Gasteiger partial charge in [0.2, 0.25) is 0 Å². The van der Waals surface area contributed by atoms with Gasteiger partial charge in [-0.1, -0.05) is 6.92 Å². The third-order valence-corrected chi connectivity index (χ3v) is 5.75. The van der Waals surface area contributed by atoms with Crippen LogP contribution in [0, 0.1) is 0 Å². The van der Waals surface area contributed by atoms with E-state index in [0.29, 0.717) is 19.8 Å². The van der Waals surface area contributed by atoms with Gasteiger partial charge in [-0.15, -0.1) is 0 Å². The van der Waals surface area contributed by atoms with Crippen LogP contribution in [0.5, 0.6) is 0 Å². The summed E-state index contributed by atoms with van der Waals surface area (Å²) in [4.78, 5) is 0. The monoisotopic (exact) mass is 249 g/mol. The second kappa shape index (κ2) is 9.12. The molecule has 0 heterocycles. The van der Waals surface area contributed by atoms with Crippen LogP contribution in [-0.4, -0.2) is 40.7 Å². The van der Waals surface area contributed by atoms with Crippen molar-refractivity contribution in [3.8, 4) is 0 Å². The molecule has 16 heavy (non-hydrogen) atoms. The van der Waals surface area contributed by atoms with Gasteiger partial charge in [-0.3, -0.25) is 0 Å². The minimum absolute atomic E-state index is 0.0392. The predicted octanol–water partition coefficient (Wildman–Crippen LogP) is 1.81. The Morgan fingerprint density at radius 3 is 2.06 bits per heavy atom. The minimum Gasteiger partial charge on any atom is -0.393 e. The molecule has 2 N–H and O–H groups in total. The molecule has 0 bridgehead atoms. The Morgan fingerprint density at radius 1 is 1.12 bits per heavy atom. The maximum atomic E-state index is 5.83. The van der Waals surface area contributed by atoms with Crippen LogP contribution < -0.4 is 5.73 Å². The van der Waals surface area contributed by atoms with Crippen LogP contribution in [-0.2, 0) is 13.6 Å². The van der Waals surface area contributed by atoms with Gasteiger partial charge in [-0.05, 0) is 39.8 Å². The first kappa shape index (κ1) is 16.1. The van der Waals surface area contributed by atoms with E-state index in [9.17, 15) is 0 Å². The highest BCUT2D eigenvalue weighted by Gasteiger charge is 2.41. The quantitative estimate of drug-likeness (QED) is 0.600. The molecule has 0 aromatic carbocycles. The fraction of sp³-hybridized carbons (Fsp3) is 1.00. The summed E-state index contributed by atoms with van der Waals surface area (Å²) in [6.45, 7) is 10.8. The summed E-state index contributed by atoms with van der Waals surface area (Å²) in [5.74, 6) is 0. The maximum absolute atomic E-state index is 5.83. The Bertz CT molecular complexity index is 163. The molecule has 0 rings (SSSR count). The largest absolute Gasteiger partial charge is 0.393 e. The van der Waals surface area contributed by atoms with E-state index in [1.54, 1.807) is 0 Å². The lowest BCUT2D eigenvalue weighted by Crippen LogP contribution is -2.53. The van der Waals surface area contributed by atoms with Crippen molar-refractivity contribution in [1.82, 2.24) is 0 Å². The average Bonchev–Trinajstić information content (AvgIpc) is 2.24. The van der Waals surface area contributed by atoms with E-state index in [1.807, 2.05) is 13.8 Å². The number of hydrogen-bond acceptors (Lipinski definition) is 4. The zero-order valence-corrected chi connectivity index (χ0v) is 12.1. The summed E-state index contributed by atoms with van der Waals surface area (Å²) in [5.41, 5.74) is 5.66. The van der Waals surface area contributed by atoms with Gasteiger partial charge >= 0.3 is 8.56 Å². The number of rotatable bonds is 10. The van der Waals surface area contributed by atoms with Crippen molar-refractivity contribution in [1.29, 1.82) is 0 Å². The van der Waals surface area contributed by atoms with E-state index in [0.717, 1.165) is 19.4 Å². The predicted molar refractivity (Wildman–Crippen MR) is 68.6 cm³/mol. The van der Waals surface area contributed by atoms with Crippen LogP contribution in [0.2, 0.25) is 6.55 Å². The van der Waals surface area contributed by atoms with E-state index in [1.165, 1.54) is 0 Å². The van der Waals surface area contributed by atoms with Crippen LogP contribution >= 0.6 is 0 Å². The Labute approximate surface area is 101 Å². The topological polar surface area (TPSA) is 53.7 Å². The van der Waals surface area contributed by atoms with Gasteiger partial charge in [0.15, 0.2) is 0 Å². The molecular weight excluding hydrogens is 222 g/mol. The molecule has 1 unspecified atom stereocenters. The molecule has 0 aliphatic heterocycles. The summed E-state index contributed by atoms with van der Waals surface area (Å²) in [5, 5.41) is 0. The van der Waals surface area contributed by atoms with Crippen molar-refractivity contribution < 1.29 is 13.6 Å². The second-order valence-electron chi connectivity index (χ2n) is 3.82. The average molecular weight is 249 g/mol. The lowest BCUT2D eigenvalue weighted by Gasteiger charge is -2.33. The third-order valence-electron chi connectivity index (χ3n) is 2.40. The summed E-state index contributed by atoms with van der Waals surface area (Å²) in [6.07, 6.45) is 1.81. The molecule has 0 spiro atoms. The molecule has 5 heteroatoms. The molecule has 0 aliphatic rings. The van der Waals surface area contributed by atoms with Gasteiger partial charge in [0.1, 0.15) is 5.73 Å². The zero-order chi connectivity index (χ0) is 12.4. The molecule has 4 nitrogen and oxygen atoms in total. The summed E-state index contributed by atoms with van der Waals surface area (Å²) in [6, 6.07) is 0. The van der Waals surface area contributed by atoms with E-state index in [-0.39, 0.29) is 5.73 Å². The Morgan fingerprint density at radius 2 is 1.69 bits per heavy atom. The van der Waals surface area contributed by atoms with Crippen LogP contribution in [0.3, 0.4) is 0 Å². The number of nitrogens with two attached hydrogens (primary N) is 1. The third kappa shape index (κ3) is 5.40. The van der Waals surface area contributed by atoms with Crippen molar-refractivity contribution in [3.05, 3.63) is 0 Å². The lowest BCUT2D eigenvalue weighted by atomic mass is 10.4. The van der Waals surface area contributed by atoms with E-state index in [2.05, 4.69) is 13.5 Å². The van der Waals surface area contributed by atoms with Crippen molar-refractivity contribution in [2.75, 3.05) is 26.4 Å². The Hall–Kier alpha value is 0.0569. The van der Waals surface area contributed by atoms with Crippen LogP contribution in [0.1, 0.15) is 33.6 Å². The molecule has 0 fully saturated rings. The zero-order valence-electron chi connectivity index (χ0n) is 11.1. The second-order valence-corrected chi connectivity index (χ2v) is 7.07. The lowest BCUT2D eigenvalue weighted by molar-refractivity contribution is 0.0459. The standard InChI is InChI=1S/C11H27NO3Si/c1-5-10-13-11(8-9-12)16(4,14-6-2)15-7-3/h11H,5-10,12H2,1-4H3. The first-order chi connectivity index (χ1) is 7.64. The molecular formula is C11H27NO3Si. The highest BCUT2D eigenvalue weighted by Crippen LogP contribution is 2.18. The maximum Gasteiger partial charge on any atom is 0.364 e. The molecule has 0 aliphatic carbocycles. The molecule has 0 aromatic heterocycles. The van der Waals surface area contributed by atoms with Gasteiger partial charge < -0.3 is 19.3 Å². The van der Waals surface area contributed by atoms with Crippen molar-refractivity contribution in [2.24, 2.45) is 5.73 Å². The van der Waals surface area contributed by atoms with Crippen molar-refractivity contribution >= 4 is 8.56 Å². The minimum atomic E-state index is -2.24. The molecule has 0 radical (unpaired) electrons. The molecule has 0 aromatic rings. The first-order valence-corrected chi connectivity index (χ1v) is 8.63. The number of ether oxygens (including phenoxy) is 1. The van der Waals surface area contributed by atoms with E-state index >= 15 is 0 Å². The first-order valence-electron chi connectivity index (χ1n) is 6.24. The SMILES string of the molecule is CCCOC(CCN)[Si](C)(OCC)OCC. The van der Waals surface area contributed by atoms with Crippen LogP contribution in [0.25, 0.3) is 0 Å². The summed E-state index contributed by atoms with van der Waals surface area (Å²) < 4.78 is 17.5. The van der Waals surface area contributed by atoms with Crippen LogP contribution in [0.4, 0.5) is 0 Å². The fourth-order valence-corrected chi connectivity index (χ4v) is 4.42. The Balaban J connectivity index is 4.49. The highest BCUT2D eigenvalue weighted by atomic mass is 28.4.